The summed E-state index contributed by atoms with van der Waals surface area (Å²) in [6.07, 6.45) is 0. The molecule has 0 saturated heterocycles. The number of hydrogen-bond donors (Lipinski definition) is 3. The predicted molar refractivity (Wildman–Crippen MR) is 51.7 cm³/mol. The molecule has 0 saturated carbocycles. The highest BCUT2D eigenvalue weighted by Crippen LogP contribution is 2.18. The molecule has 4 nitrogen and oxygen atoms in total. The number of benzene rings is 1. The molecule has 0 radical (unpaired) electrons. The van der Waals surface area contributed by atoms with E-state index in [0.717, 1.165) is 16.5 Å². The Morgan fingerprint density at radius 2 is 2.15 bits per heavy atom. The van der Waals surface area contributed by atoms with Crippen LogP contribution in [0.25, 0.3) is 10.9 Å². The van der Waals surface area contributed by atoms with Gasteiger partial charge in [0.05, 0.1) is 6.61 Å². The lowest BCUT2D eigenvalue weighted by molar-refractivity contribution is 0.124. The predicted octanol–water partition coefficient (Wildman–Crippen LogP) is 1.14. The fraction of sp³-hybridized carbons (Fsp3) is 0.111. The molecule has 0 fully saturated rings. The maximum atomic E-state index is 5.60. The third kappa shape index (κ3) is 1.49. The topological polar surface area (TPSA) is 77.1 Å². The van der Waals surface area contributed by atoms with Crippen LogP contribution < -0.4 is 11.6 Å². The van der Waals surface area contributed by atoms with Crippen molar-refractivity contribution in [3.8, 4) is 0 Å². The van der Waals surface area contributed by atoms with Gasteiger partial charge in [0, 0.05) is 10.9 Å². The number of rotatable bonds is 2. The van der Waals surface area contributed by atoms with Crippen molar-refractivity contribution in [2.45, 2.75) is 6.61 Å². The molecule has 0 unspecified atom stereocenters. The number of nitrogen functional groups attached to an aromatic ring is 1. The van der Waals surface area contributed by atoms with Crippen molar-refractivity contribution in [3.05, 3.63) is 29.8 Å². The van der Waals surface area contributed by atoms with E-state index in [9.17, 15) is 0 Å². The molecule has 0 bridgehead atoms. The van der Waals surface area contributed by atoms with Gasteiger partial charge in [0.1, 0.15) is 5.82 Å². The van der Waals surface area contributed by atoms with Crippen molar-refractivity contribution in [1.82, 2.24) is 4.98 Å². The van der Waals surface area contributed by atoms with E-state index in [0.29, 0.717) is 12.4 Å². The zero-order valence-corrected chi connectivity index (χ0v) is 7.08. The molecule has 1 heterocycles. The monoisotopic (exact) mass is 177 g/mol. The van der Waals surface area contributed by atoms with Gasteiger partial charge in [0.25, 0.3) is 0 Å². The van der Waals surface area contributed by atoms with E-state index in [4.69, 9.17) is 11.6 Å². The fourth-order valence-corrected chi connectivity index (χ4v) is 1.39. The average molecular weight is 177 g/mol. The Hall–Kier alpha value is -1.52. The first-order chi connectivity index (χ1) is 6.29. The van der Waals surface area contributed by atoms with Crippen LogP contribution in [0.5, 0.6) is 0 Å². The summed E-state index contributed by atoms with van der Waals surface area (Å²) in [4.78, 5) is 7.58. The molecule has 68 valence electrons. The summed E-state index contributed by atoms with van der Waals surface area (Å²) in [5.41, 5.74) is 7.67. The Kier molecular flexibility index (Phi) is 1.92. The van der Waals surface area contributed by atoms with E-state index in [1.807, 2.05) is 24.3 Å². The number of fused-ring (bicyclic) bond motifs is 1. The van der Waals surface area contributed by atoms with Gasteiger partial charge in [-0.1, -0.05) is 6.07 Å². The van der Waals surface area contributed by atoms with Gasteiger partial charge in [-0.15, -0.1) is 0 Å². The highest BCUT2D eigenvalue weighted by Gasteiger charge is 1.99. The molecule has 2 rings (SSSR count). The third-order valence-corrected chi connectivity index (χ3v) is 1.96. The average Bonchev–Trinajstić information content (AvgIpc) is 2.44. The summed E-state index contributed by atoms with van der Waals surface area (Å²) in [7, 11) is 0. The molecule has 0 amide bonds. The van der Waals surface area contributed by atoms with Gasteiger partial charge in [-0.25, -0.2) is 5.90 Å². The van der Waals surface area contributed by atoms with Crippen molar-refractivity contribution in [2.24, 2.45) is 5.90 Å². The first-order valence-electron chi connectivity index (χ1n) is 3.98. The summed E-state index contributed by atoms with van der Waals surface area (Å²) < 4.78 is 0. The Morgan fingerprint density at radius 3 is 2.92 bits per heavy atom. The highest BCUT2D eigenvalue weighted by atomic mass is 16.6. The maximum absolute atomic E-state index is 5.60. The minimum absolute atomic E-state index is 0.418. The third-order valence-electron chi connectivity index (χ3n) is 1.96. The first kappa shape index (κ1) is 8.10. The second-order valence-electron chi connectivity index (χ2n) is 2.96. The molecule has 13 heavy (non-hydrogen) atoms. The lowest BCUT2D eigenvalue weighted by Gasteiger charge is -1.97. The van der Waals surface area contributed by atoms with Crippen LogP contribution in [-0.4, -0.2) is 4.98 Å². The number of hydrogen-bond acceptors (Lipinski definition) is 3. The van der Waals surface area contributed by atoms with Gasteiger partial charge in [-0.05, 0) is 23.8 Å². The Bertz CT molecular complexity index is 422. The maximum Gasteiger partial charge on any atom is 0.101 e. The SMILES string of the molecule is NOCc1ccc2[nH]c(N)cc2c1. The quantitative estimate of drug-likeness (QED) is 0.602. The zero-order valence-electron chi connectivity index (χ0n) is 7.08. The van der Waals surface area contributed by atoms with Crippen LogP contribution in [0.3, 0.4) is 0 Å². The van der Waals surface area contributed by atoms with Crippen LogP contribution in [0, 0.1) is 0 Å². The Balaban J connectivity index is 2.48. The van der Waals surface area contributed by atoms with E-state index >= 15 is 0 Å². The number of aromatic nitrogens is 1. The fourth-order valence-electron chi connectivity index (χ4n) is 1.39. The smallest absolute Gasteiger partial charge is 0.101 e. The van der Waals surface area contributed by atoms with Gasteiger partial charge in [-0.3, -0.25) is 4.84 Å². The van der Waals surface area contributed by atoms with E-state index in [1.165, 1.54) is 0 Å². The number of anilines is 1. The highest BCUT2D eigenvalue weighted by molar-refractivity contribution is 5.83. The van der Waals surface area contributed by atoms with Gasteiger partial charge in [-0.2, -0.15) is 0 Å². The second-order valence-corrected chi connectivity index (χ2v) is 2.96. The summed E-state index contributed by atoms with van der Waals surface area (Å²) in [5, 5.41) is 1.08. The minimum Gasteiger partial charge on any atom is -0.385 e. The number of aromatic amines is 1. The van der Waals surface area contributed by atoms with Crippen molar-refractivity contribution in [1.29, 1.82) is 0 Å². The van der Waals surface area contributed by atoms with E-state index in [-0.39, 0.29) is 0 Å². The van der Waals surface area contributed by atoms with Crippen LogP contribution in [0.15, 0.2) is 24.3 Å². The normalized spacial score (nSPS) is 10.8. The van der Waals surface area contributed by atoms with Gasteiger partial charge >= 0.3 is 0 Å². The minimum atomic E-state index is 0.418. The summed E-state index contributed by atoms with van der Waals surface area (Å²) in [6, 6.07) is 7.79. The van der Waals surface area contributed by atoms with Crippen molar-refractivity contribution in [3.63, 3.8) is 0 Å². The van der Waals surface area contributed by atoms with Crippen molar-refractivity contribution in [2.75, 3.05) is 5.73 Å². The van der Waals surface area contributed by atoms with E-state index in [2.05, 4.69) is 9.82 Å². The molecular weight excluding hydrogens is 166 g/mol. The number of H-pyrrole nitrogens is 1. The van der Waals surface area contributed by atoms with E-state index < -0.39 is 0 Å². The van der Waals surface area contributed by atoms with Crippen LogP contribution in [-0.2, 0) is 11.4 Å². The number of nitrogens with one attached hydrogen (secondary N) is 1. The van der Waals surface area contributed by atoms with Crippen molar-refractivity contribution < 1.29 is 4.84 Å². The van der Waals surface area contributed by atoms with Crippen LogP contribution in [0.4, 0.5) is 5.82 Å². The first-order valence-corrected chi connectivity index (χ1v) is 3.98. The van der Waals surface area contributed by atoms with Crippen LogP contribution >= 0.6 is 0 Å². The molecule has 0 spiro atoms. The molecule has 4 heteroatoms. The molecule has 1 aromatic carbocycles. The van der Waals surface area contributed by atoms with Gasteiger partial charge < -0.3 is 10.7 Å². The lowest BCUT2D eigenvalue weighted by atomic mass is 10.2. The van der Waals surface area contributed by atoms with Gasteiger partial charge in [0.2, 0.25) is 0 Å². The van der Waals surface area contributed by atoms with Gasteiger partial charge in [0.15, 0.2) is 0 Å². The summed E-state index contributed by atoms with van der Waals surface area (Å²) in [5.74, 6) is 5.64. The molecule has 5 N–H and O–H groups in total. The molecule has 0 aliphatic rings. The van der Waals surface area contributed by atoms with Crippen LogP contribution in [0.1, 0.15) is 5.56 Å². The van der Waals surface area contributed by atoms with Crippen LogP contribution in [0.2, 0.25) is 0 Å². The molecule has 0 atom stereocenters. The zero-order chi connectivity index (χ0) is 9.26. The molecule has 0 aliphatic heterocycles. The molecule has 1 aromatic heterocycles. The Labute approximate surface area is 75.4 Å². The summed E-state index contributed by atoms with van der Waals surface area (Å²) in [6.45, 7) is 0.418. The molecular formula is C9H11N3O. The van der Waals surface area contributed by atoms with Crippen molar-refractivity contribution >= 4 is 16.7 Å². The molecule has 0 aliphatic carbocycles. The summed E-state index contributed by atoms with van der Waals surface area (Å²) >= 11 is 0. The lowest BCUT2D eigenvalue weighted by Crippen LogP contribution is -1.98. The number of nitrogens with two attached hydrogens (primary N) is 2. The standard InChI is InChI=1S/C9H11N3O/c10-9-4-7-3-6(5-13-11)1-2-8(7)12-9/h1-4,12H,5,10-11H2. The largest absolute Gasteiger partial charge is 0.385 e. The van der Waals surface area contributed by atoms with E-state index in [1.54, 1.807) is 0 Å². The second kappa shape index (κ2) is 3.08. The Morgan fingerprint density at radius 1 is 1.31 bits per heavy atom. The molecule has 2 aromatic rings.